The van der Waals surface area contributed by atoms with Crippen LogP contribution in [0.3, 0.4) is 0 Å². The van der Waals surface area contributed by atoms with Crippen LogP contribution < -0.4 is 0 Å². The Kier molecular flexibility index (Phi) is 4.72. The summed E-state index contributed by atoms with van der Waals surface area (Å²) in [6.07, 6.45) is 6.83. The minimum Gasteiger partial charge on any atom is -0.388 e. The Morgan fingerprint density at radius 2 is 1.74 bits per heavy atom. The highest BCUT2D eigenvalue weighted by Crippen LogP contribution is 2.31. The van der Waals surface area contributed by atoms with Crippen molar-refractivity contribution in [1.82, 2.24) is 9.88 Å². The Hall–Kier alpha value is -2.20. The molecule has 1 aromatic carbocycles. The van der Waals surface area contributed by atoms with Crippen molar-refractivity contribution in [3.05, 3.63) is 66.0 Å². The topological polar surface area (TPSA) is 53.4 Å². The highest BCUT2D eigenvalue weighted by molar-refractivity contribution is 5.94. The summed E-state index contributed by atoms with van der Waals surface area (Å²) in [6, 6.07) is 13.3. The van der Waals surface area contributed by atoms with E-state index < -0.39 is 5.60 Å². The third-order valence-electron chi connectivity index (χ3n) is 4.45. The molecule has 0 spiro atoms. The largest absolute Gasteiger partial charge is 0.388 e. The van der Waals surface area contributed by atoms with E-state index in [0.717, 1.165) is 31.2 Å². The smallest absolute Gasteiger partial charge is 0.254 e. The molecule has 1 amide bonds. The number of aliphatic hydroxyl groups is 1. The predicted octanol–water partition coefficient (Wildman–Crippen LogP) is 3.03. The SMILES string of the molecule is O=C(c1ccncc1)N(Cc1ccccc1)CC1(O)CCCC1. The third-order valence-corrected chi connectivity index (χ3v) is 4.45. The predicted molar refractivity (Wildman–Crippen MR) is 88.8 cm³/mol. The summed E-state index contributed by atoms with van der Waals surface area (Å²) in [7, 11) is 0. The molecule has 1 aliphatic rings. The maximum absolute atomic E-state index is 12.9. The zero-order chi connectivity index (χ0) is 16.1. The van der Waals surface area contributed by atoms with E-state index in [1.807, 2.05) is 30.3 Å². The van der Waals surface area contributed by atoms with Crippen molar-refractivity contribution >= 4 is 5.91 Å². The van der Waals surface area contributed by atoms with Gasteiger partial charge in [-0.3, -0.25) is 9.78 Å². The molecule has 0 atom stereocenters. The van der Waals surface area contributed by atoms with Crippen molar-refractivity contribution in [2.24, 2.45) is 0 Å². The fourth-order valence-electron chi connectivity index (χ4n) is 3.23. The van der Waals surface area contributed by atoms with Crippen molar-refractivity contribution in [1.29, 1.82) is 0 Å². The number of aromatic nitrogens is 1. The lowest BCUT2D eigenvalue weighted by molar-refractivity contribution is 0.00785. The number of carbonyl (C=O) groups excluding carboxylic acids is 1. The van der Waals surface area contributed by atoms with Crippen molar-refractivity contribution in [3.8, 4) is 0 Å². The first kappa shape index (κ1) is 15.7. The fourth-order valence-corrected chi connectivity index (χ4v) is 3.23. The van der Waals surface area contributed by atoms with Crippen molar-refractivity contribution in [2.45, 2.75) is 37.8 Å². The van der Waals surface area contributed by atoms with E-state index in [0.29, 0.717) is 18.7 Å². The van der Waals surface area contributed by atoms with Gasteiger partial charge in [-0.2, -0.15) is 0 Å². The standard InChI is InChI=1S/C19H22N2O2/c22-18(17-8-12-20-13-9-17)21(14-16-6-2-1-3-7-16)15-19(23)10-4-5-11-19/h1-3,6-9,12-13,23H,4-5,10-11,14-15H2. The molecule has 4 heteroatoms. The number of carbonyl (C=O) groups is 1. The summed E-state index contributed by atoms with van der Waals surface area (Å²) >= 11 is 0. The summed E-state index contributed by atoms with van der Waals surface area (Å²) in [5.74, 6) is -0.0587. The van der Waals surface area contributed by atoms with Gasteiger partial charge >= 0.3 is 0 Å². The second-order valence-corrected chi connectivity index (χ2v) is 6.31. The van der Waals surface area contributed by atoms with E-state index >= 15 is 0 Å². The van der Waals surface area contributed by atoms with Gasteiger partial charge in [0.2, 0.25) is 0 Å². The molecule has 0 saturated heterocycles. The number of pyridine rings is 1. The number of nitrogens with zero attached hydrogens (tertiary/aromatic N) is 2. The lowest BCUT2D eigenvalue weighted by Crippen LogP contribution is -2.43. The third kappa shape index (κ3) is 3.96. The molecule has 2 aromatic rings. The molecule has 0 bridgehead atoms. The second-order valence-electron chi connectivity index (χ2n) is 6.31. The number of amides is 1. The number of hydrogen-bond acceptors (Lipinski definition) is 3. The molecule has 0 aliphatic heterocycles. The molecule has 1 heterocycles. The minimum absolute atomic E-state index is 0.0587. The average molecular weight is 310 g/mol. The summed E-state index contributed by atoms with van der Waals surface area (Å²) in [5, 5.41) is 10.7. The van der Waals surface area contributed by atoms with Gasteiger partial charge in [0.1, 0.15) is 0 Å². The van der Waals surface area contributed by atoms with Crippen LogP contribution in [0.1, 0.15) is 41.6 Å². The van der Waals surface area contributed by atoms with Crippen LogP contribution in [0.4, 0.5) is 0 Å². The van der Waals surface area contributed by atoms with E-state index in [1.54, 1.807) is 29.4 Å². The quantitative estimate of drug-likeness (QED) is 0.923. The maximum atomic E-state index is 12.9. The molecule has 1 saturated carbocycles. The Morgan fingerprint density at radius 3 is 2.39 bits per heavy atom. The monoisotopic (exact) mass is 310 g/mol. The highest BCUT2D eigenvalue weighted by atomic mass is 16.3. The van der Waals surface area contributed by atoms with Gasteiger partial charge in [-0.05, 0) is 30.5 Å². The van der Waals surface area contributed by atoms with Crippen LogP contribution in [-0.2, 0) is 6.54 Å². The number of rotatable bonds is 5. The van der Waals surface area contributed by atoms with Crippen molar-refractivity contribution < 1.29 is 9.90 Å². The minimum atomic E-state index is -0.753. The Bertz CT molecular complexity index is 637. The van der Waals surface area contributed by atoms with Crippen LogP contribution in [0.15, 0.2) is 54.9 Å². The molecule has 23 heavy (non-hydrogen) atoms. The van der Waals surface area contributed by atoms with E-state index in [2.05, 4.69) is 4.98 Å². The number of benzene rings is 1. The van der Waals surface area contributed by atoms with Crippen molar-refractivity contribution in [2.75, 3.05) is 6.54 Å². The van der Waals surface area contributed by atoms with Crippen LogP contribution in [-0.4, -0.2) is 33.0 Å². The average Bonchev–Trinajstić information content (AvgIpc) is 3.02. The summed E-state index contributed by atoms with van der Waals surface area (Å²) in [4.78, 5) is 18.6. The highest BCUT2D eigenvalue weighted by Gasteiger charge is 2.34. The van der Waals surface area contributed by atoms with Crippen LogP contribution >= 0.6 is 0 Å². The number of hydrogen-bond donors (Lipinski definition) is 1. The Balaban J connectivity index is 1.82. The maximum Gasteiger partial charge on any atom is 0.254 e. The van der Waals surface area contributed by atoms with Gasteiger partial charge in [-0.15, -0.1) is 0 Å². The molecule has 0 radical (unpaired) electrons. The van der Waals surface area contributed by atoms with E-state index in [-0.39, 0.29) is 5.91 Å². The van der Waals surface area contributed by atoms with Crippen LogP contribution in [0, 0.1) is 0 Å². The first-order chi connectivity index (χ1) is 11.2. The first-order valence-electron chi connectivity index (χ1n) is 8.12. The van der Waals surface area contributed by atoms with E-state index in [9.17, 15) is 9.90 Å². The van der Waals surface area contributed by atoms with Crippen LogP contribution in [0.5, 0.6) is 0 Å². The van der Waals surface area contributed by atoms with Gasteiger partial charge < -0.3 is 10.0 Å². The lowest BCUT2D eigenvalue weighted by atomic mass is 10.0. The van der Waals surface area contributed by atoms with Gasteiger partial charge in [0.25, 0.3) is 5.91 Å². The molecule has 4 nitrogen and oxygen atoms in total. The van der Waals surface area contributed by atoms with Crippen LogP contribution in [0.2, 0.25) is 0 Å². The normalized spacial score (nSPS) is 16.2. The molecular formula is C19H22N2O2. The van der Waals surface area contributed by atoms with Gasteiger partial charge in [0, 0.05) is 24.5 Å². The van der Waals surface area contributed by atoms with Crippen molar-refractivity contribution in [3.63, 3.8) is 0 Å². The zero-order valence-electron chi connectivity index (χ0n) is 13.2. The van der Waals surface area contributed by atoms with E-state index in [1.165, 1.54) is 0 Å². The first-order valence-corrected chi connectivity index (χ1v) is 8.12. The summed E-state index contributed by atoms with van der Waals surface area (Å²) in [6.45, 7) is 0.882. The molecule has 1 aromatic heterocycles. The zero-order valence-corrected chi connectivity index (χ0v) is 13.2. The van der Waals surface area contributed by atoms with Gasteiger partial charge in [-0.25, -0.2) is 0 Å². The summed E-state index contributed by atoms with van der Waals surface area (Å²) in [5.41, 5.74) is 0.923. The molecular weight excluding hydrogens is 288 g/mol. The van der Waals surface area contributed by atoms with E-state index in [4.69, 9.17) is 0 Å². The fraction of sp³-hybridized carbons (Fsp3) is 0.368. The summed E-state index contributed by atoms with van der Waals surface area (Å²) < 4.78 is 0. The molecule has 0 unspecified atom stereocenters. The molecule has 1 N–H and O–H groups in total. The lowest BCUT2D eigenvalue weighted by Gasteiger charge is -2.31. The Morgan fingerprint density at radius 1 is 1.09 bits per heavy atom. The van der Waals surface area contributed by atoms with Gasteiger partial charge in [0.15, 0.2) is 0 Å². The molecule has 3 rings (SSSR count). The molecule has 1 fully saturated rings. The van der Waals surface area contributed by atoms with Gasteiger partial charge in [0.05, 0.1) is 12.1 Å². The second kappa shape index (κ2) is 6.92. The molecule has 1 aliphatic carbocycles. The Labute approximate surface area is 136 Å². The van der Waals surface area contributed by atoms with Crippen LogP contribution in [0.25, 0.3) is 0 Å². The molecule has 120 valence electrons. The van der Waals surface area contributed by atoms with Gasteiger partial charge in [-0.1, -0.05) is 43.2 Å².